The summed E-state index contributed by atoms with van der Waals surface area (Å²) in [5, 5.41) is 10.2. The van der Waals surface area contributed by atoms with Crippen molar-refractivity contribution in [1.29, 1.82) is 0 Å². The summed E-state index contributed by atoms with van der Waals surface area (Å²) in [5.74, 6) is 0. The Morgan fingerprint density at radius 2 is 1.34 bits per heavy atom. The summed E-state index contributed by atoms with van der Waals surface area (Å²) in [5.41, 5.74) is 2.11. The standard InChI is InChI=1S/C27H38O5/c1-3-5-17-29-25-23(19-28)32-24(22-15-11-8-12-16-22)26(30-18-6-4-2)27(25)31-20-21-13-9-7-10-14-21/h7-16,23-28H,3-6,17-20H2,1-2H3/t23-,24+,25?,26?,27+/m1/s1. The monoisotopic (exact) mass is 442 g/mol. The molecule has 2 unspecified atom stereocenters. The minimum atomic E-state index is -0.483. The molecule has 1 fully saturated rings. The maximum Gasteiger partial charge on any atom is 0.117 e. The molecule has 5 atom stereocenters. The highest BCUT2D eigenvalue weighted by Crippen LogP contribution is 2.37. The van der Waals surface area contributed by atoms with Crippen LogP contribution in [0, 0.1) is 0 Å². The van der Waals surface area contributed by atoms with Crippen molar-refractivity contribution in [2.75, 3.05) is 19.8 Å². The van der Waals surface area contributed by atoms with Crippen molar-refractivity contribution < 1.29 is 24.1 Å². The van der Waals surface area contributed by atoms with Crippen molar-refractivity contribution >= 4 is 0 Å². The molecular weight excluding hydrogens is 404 g/mol. The van der Waals surface area contributed by atoms with E-state index >= 15 is 0 Å². The number of aliphatic hydroxyl groups is 1. The van der Waals surface area contributed by atoms with Crippen LogP contribution in [0.2, 0.25) is 0 Å². The second kappa shape index (κ2) is 13.7. The Hall–Kier alpha value is -1.76. The molecule has 5 heteroatoms. The number of hydrogen-bond acceptors (Lipinski definition) is 5. The van der Waals surface area contributed by atoms with Gasteiger partial charge in [0.1, 0.15) is 30.5 Å². The fourth-order valence-electron chi connectivity index (χ4n) is 4.04. The number of rotatable bonds is 13. The summed E-state index contributed by atoms with van der Waals surface area (Å²) >= 11 is 0. The van der Waals surface area contributed by atoms with Gasteiger partial charge in [-0.3, -0.25) is 0 Å². The highest BCUT2D eigenvalue weighted by molar-refractivity contribution is 5.21. The van der Waals surface area contributed by atoms with Crippen LogP contribution in [0.1, 0.15) is 56.8 Å². The number of unbranched alkanes of at least 4 members (excludes halogenated alkanes) is 2. The summed E-state index contributed by atoms with van der Waals surface area (Å²) in [6, 6.07) is 20.2. The van der Waals surface area contributed by atoms with E-state index < -0.39 is 12.2 Å². The fraction of sp³-hybridized carbons (Fsp3) is 0.556. The summed E-state index contributed by atoms with van der Waals surface area (Å²) in [6.45, 7) is 5.83. The Kier molecular flexibility index (Phi) is 10.7. The van der Waals surface area contributed by atoms with Gasteiger partial charge in [-0.25, -0.2) is 0 Å². The van der Waals surface area contributed by atoms with E-state index in [0.29, 0.717) is 19.8 Å². The van der Waals surface area contributed by atoms with Gasteiger partial charge in [0.15, 0.2) is 0 Å². The normalized spacial score (nSPS) is 25.7. The average Bonchev–Trinajstić information content (AvgIpc) is 2.84. The molecule has 2 aromatic carbocycles. The predicted octanol–water partition coefficient (Wildman–Crippen LogP) is 5.07. The first-order valence-corrected chi connectivity index (χ1v) is 12.0. The average molecular weight is 443 g/mol. The molecule has 0 saturated carbocycles. The molecule has 0 radical (unpaired) electrons. The zero-order chi connectivity index (χ0) is 22.6. The Labute approximate surface area is 192 Å². The lowest BCUT2D eigenvalue weighted by Gasteiger charge is -2.46. The van der Waals surface area contributed by atoms with E-state index in [4.69, 9.17) is 18.9 Å². The molecule has 1 aliphatic heterocycles. The van der Waals surface area contributed by atoms with E-state index in [9.17, 15) is 5.11 Å². The van der Waals surface area contributed by atoms with Crippen molar-refractivity contribution in [2.24, 2.45) is 0 Å². The first kappa shape index (κ1) is 24.9. The van der Waals surface area contributed by atoms with Crippen LogP contribution in [0.25, 0.3) is 0 Å². The number of hydrogen-bond donors (Lipinski definition) is 1. The first-order valence-electron chi connectivity index (χ1n) is 12.0. The zero-order valence-electron chi connectivity index (χ0n) is 19.4. The lowest BCUT2D eigenvalue weighted by atomic mass is 9.90. The molecule has 0 bridgehead atoms. The van der Waals surface area contributed by atoms with Gasteiger partial charge in [0.25, 0.3) is 0 Å². The SMILES string of the molecule is CCCCOC1[C@H](OCc2ccccc2)C(OCCCC)[C@H](c2ccccc2)O[C@@H]1CO. The molecule has 0 aromatic heterocycles. The first-order chi connectivity index (χ1) is 15.8. The van der Waals surface area contributed by atoms with E-state index in [1.165, 1.54) is 0 Å². The van der Waals surface area contributed by atoms with E-state index in [1.807, 2.05) is 48.5 Å². The quantitative estimate of drug-likeness (QED) is 0.439. The Morgan fingerprint density at radius 3 is 1.94 bits per heavy atom. The third-order valence-electron chi connectivity index (χ3n) is 5.84. The van der Waals surface area contributed by atoms with Gasteiger partial charge in [0.05, 0.1) is 13.2 Å². The van der Waals surface area contributed by atoms with Crippen molar-refractivity contribution in [1.82, 2.24) is 0 Å². The molecule has 0 amide bonds. The van der Waals surface area contributed by atoms with Crippen molar-refractivity contribution in [3.63, 3.8) is 0 Å². The second-order valence-corrected chi connectivity index (χ2v) is 8.33. The molecule has 2 aromatic rings. The summed E-state index contributed by atoms with van der Waals surface area (Å²) < 4.78 is 25.6. The third kappa shape index (κ3) is 6.87. The number of ether oxygens (including phenoxy) is 4. The Morgan fingerprint density at radius 1 is 0.750 bits per heavy atom. The largest absolute Gasteiger partial charge is 0.394 e. The van der Waals surface area contributed by atoms with Gasteiger partial charge < -0.3 is 24.1 Å². The third-order valence-corrected chi connectivity index (χ3v) is 5.84. The molecule has 1 N–H and O–H groups in total. The molecule has 1 heterocycles. The summed E-state index contributed by atoms with van der Waals surface area (Å²) in [6.07, 6.45) is 2.09. The topological polar surface area (TPSA) is 57.2 Å². The summed E-state index contributed by atoms with van der Waals surface area (Å²) in [4.78, 5) is 0. The Bertz CT molecular complexity index is 738. The van der Waals surface area contributed by atoms with Crippen molar-refractivity contribution in [3.8, 4) is 0 Å². The Balaban J connectivity index is 1.89. The maximum absolute atomic E-state index is 10.2. The van der Waals surface area contributed by atoms with Crippen LogP contribution >= 0.6 is 0 Å². The van der Waals surface area contributed by atoms with Gasteiger partial charge in [-0.15, -0.1) is 0 Å². The van der Waals surface area contributed by atoms with Crippen LogP contribution in [0.5, 0.6) is 0 Å². The van der Waals surface area contributed by atoms with E-state index in [0.717, 1.165) is 36.8 Å². The van der Waals surface area contributed by atoms with Gasteiger partial charge in [0, 0.05) is 13.2 Å². The smallest absolute Gasteiger partial charge is 0.117 e. The molecule has 1 saturated heterocycles. The highest BCUT2D eigenvalue weighted by atomic mass is 16.6. The van der Waals surface area contributed by atoms with Gasteiger partial charge in [0.2, 0.25) is 0 Å². The molecule has 32 heavy (non-hydrogen) atoms. The van der Waals surface area contributed by atoms with Crippen molar-refractivity contribution in [3.05, 3.63) is 71.8 Å². The molecule has 3 rings (SSSR count). The lowest BCUT2D eigenvalue weighted by molar-refractivity contribution is -0.268. The molecule has 176 valence electrons. The van der Waals surface area contributed by atoms with Crippen LogP contribution in [-0.4, -0.2) is 49.3 Å². The van der Waals surface area contributed by atoms with E-state index in [1.54, 1.807) is 0 Å². The minimum absolute atomic E-state index is 0.132. The second-order valence-electron chi connectivity index (χ2n) is 8.33. The van der Waals surface area contributed by atoms with Crippen LogP contribution < -0.4 is 0 Å². The molecule has 1 aliphatic rings. The predicted molar refractivity (Wildman–Crippen MR) is 125 cm³/mol. The maximum atomic E-state index is 10.2. The molecule has 0 aliphatic carbocycles. The number of aliphatic hydroxyl groups excluding tert-OH is 1. The molecule has 5 nitrogen and oxygen atoms in total. The van der Waals surface area contributed by atoms with Crippen LogP contribution in [0.3, 0.4) is 0 Å². The van der Waals surface area contributed by atoms with E-state index in [2.05, 4.69) is 26.0 Å². The number of benzene rings is 2. The fourth-order valence-corrected chi connectivity index (χ4v) is 4.04. The minimum Gasteiger partial charge on any atom is -0.394 e. The lowest BCUT2D eigenvalue weighted by Crippen LogP contribution is -2.58. The zero-order valence-corrected chi connectivity index (χ0v) is 19.4. The van der Waals surface area contributed by atoms with Gasteiger partial charge >= 0.3 is 0 Å². The van der Waals surface area contributed by atoms with Crippen LogP contribution in [0.15, 0.2) is 60.7 Å². The van der Waals surface area contributed by atoms with Crippen molar-refractivity contribution in [2.45, 2.75) is 76.7 Å². The van der Waals surface area contributed by atoms with Crippen LogP contribution in [0.4, 0.5) is 0 Å². The van der Waals surface area contributed by atoms with Crippen LogP contribution in [-0.2, 0) is 25.6 Å². The van der Waals surface area contributed by atoms with Gasteiger partial charge in [-0.1, -0.05) is 87.4 Å². The highest BCUT2D eigenvalue weighted by Gasteiger charge is 2.48. The van der Waals surface area contributed by atoms with Gasteiger partial charge in [-0.2, -0.15) is 0 Å². The summed E-state index contributed by atoms with van der Waals surface area (Å²) in [7, 11) is 0. The van der Waals surface area contributed by atoms with Gasteiger partial charge in [-0.05, 0) is 24.0 Å². The van der Waals surface area contributed by atoms with E-state index in [-0.39, 0.29) is 24.9 Å². The molecule has 0 spiro atoms. The molecular formula is C27H38O5.